The van der Waals surface area contributed by atoms with Crippen LogP contribution in [-0.2, 0) is 20.9 Å². The van der Waals surface area contributed by atoms with Crippen molar-refractivity contribution in [2.24, 2.45) is 16.5 Å². The van der Waals surface area contributed by atoms with Crippen molar-refractivity contribution in [3.8, 4) is 0 Å². The molecule has 3 heterocycles. The number of nitrogens with one attached hydrogen (secondary N) is 7. The maximum Gasteiger partial charge on any atom is 0.251 e. The van der Waals surface area contributed by atoms with E-state index in [2.05, 4.69) is 178 Å². The molecule has 3 saturated carbocycles. The van der Waals surface area contributed by atoms with Gasteiger partial charge in [0.05, 0.1) is 18.1 Å². The third-order valence-electron chi connectivity index (χ3n) is 26.9. The Kier molecular flexibility index (Phi) is 32.8. The zero-order valence-corrected chi connectivity index (χ0v) is 74.0. The van der Waals surface area contributed by atoms with Gasteiger partial charge in [0.2, 0.25) is 17.7 Å². The van der Waals surface area contributed by atoms with Gasteiger partial charge in [-0.25, -0.2) is 0 Å². The lowest BCUT2D eigenvalue weighted by Crippen LogP contribution is -2.51. The van der Waals surface area contributed by atoms with Gasteiger partial charge in [-0.3, -0.25) is 38.7 Å². The van der Waals surface area contributed by atoms with Crippen molar-refractivity contribution in [2.45, 2.75) is 188 Å². The van der Waals surface area contributed by atoms with E-state index in [-0.39, 0.29) is 89.5 Å². The van der Waals surface area contributed by atoms with Crippen LogP contribution in [0.1, 0.15) is 186 Å². The zero-order valence-electron chi connectivity index (χ0n) is 74.0. The minimum absolute atomic E-state index is 0.00449. The number of benzene rings is 11. The highest BCUT2D eigenvalue weighted by Gasteiger charge is 2.38. The summed E-state index contributed by atoms with van der Waals surface area (Å²) in [5.74, 6) is 0.365. The normalized spacial score (nSPS) is 19.3. The third kappa shape index (κ3) is 25.3. The van der Waals surface area contributed by atoms with Gasteiger partial charge in [0, 0.05) is 130 Å². The Bertz CT molecular complexity index is 5350. The molecule has 0 unspecified atom stereocenters. The summed E-state index contributed by atoms with van der Waals surface area (Å²) in [6.45, 7) is 7.60. The van der Waals surface area contributed by atoms with Crippen LogP contribution in [0.3, 0.4) is 0 Å². The van der Waals surface area contributed by atoms with E-state index < -0.39 is 0 Å². The summed E-state index contributed by atoms with van der Waals surface area (Å²) in [7, 11) is 0. The predicted molar refractivity (Wildman–Crippen MR) is 515 cm³/mol. The molecule has 20 nitrogen and oxygen atoms in total. The second-order valence-corrected chi connectivity index (χ2v) is 35.7. The number of carbonyl (C=O) groups is 6. The summed E-state index contributed by atoms with van der Waals surface area (Å²) in [4.78, 5) is 94.2. The standard InChI is InChI=1S/C42H50N4O2.C38H44N4O2.C28H34N6O2/c47-41(35-24-23-31-12-7-8-17-34(31)28-35)43-29-36-25-27-45(30-39(32-13-3-1-4-14-32)33-15-5-2-6-16-33)42(48)40(44-36)22-11-26-46(37-18-9-19-37)38-20-10-21-38;43-37(32-21-20-28-11-7-8-16-31(28)25-32)40-26-34-22-24-42(38(44)36(41-34)19-10-23-39-33-17-9-18-33)27-35(29-12-3-1-4-13-29)30-14-5-2-6-15-30;29-28(30)31-15-6-11-25-27(36)34(19-20-7-2-1-3-8-20)16-14-24(33-25)18-32-26(35)23-13-12-21-9-4-5-10-22(21)17-23/h1-8,12-17,23-24,28,36-40,44H,9-11,18-22,25-27,29-30H2,(H,43,47);1-8,11-16,20-21,25,33-36,39,41H,9-10,17-19,22-24,26-27H2,(H,40,43);1-5,7-10,12-13,17,24-25,33H,6,11,14-16,18-19H2,(H,32,35)(H4,29,30,31)/t36-,40-;34-,36-;24-,25-/m000/s1. The first kappa shape index (κ1) is 90.9. The fraction of sp³-hybridized carbons (Fsp3) is 0.380. The lowest BCUT2D eigenvalue weighted by Gasteiger charge is -2.46. The molecule has 6 fully saturated rings. The number of aliphatic imine (C=N–C) groups is 1. The van der Waals surface area contributed by atoms with Gasteiger partial charge < -0.3 is 63.4 Å². The van der Waals surface area contributed by atoms with E-state index in [9.17, 15) is 28.8 Å². The molecule has 666 valence electrons. The van der Waals surface area contributed by atoms with Crippen LogP contribution in [0.25, 0.3) is 32.3 Å². The lowest BCUT2D eigenvalue weighted by atomic mass is 9.84. The summed E-state index contributed by atoms with van der Waals surface area (Å²) in [6, 6.07) is 94.9. The molecule has 6 aliphatic rings. The van der Waals surface area contributed by atoms with Gasteiger partial charge in [0.25, 0.3) is 17.7 Å². The van der Waals surface area contributed by atoms with E-state index in [0.717, 1.165) is 108 Å². The molecule has 11 aromatic carbocycles. The number of guanidine groups is 1. The SMILES string of the molecule is NC(N)=NCCC[C@@H]1N[C@H](CNC(=O)c2ccc3ccccc3c2)CCN(Cc2ccccc2)C1=O.O=C(NC[C@@H]1CCN(CC(c2ccccc2)c2ccccc2)C(=O)[C@H](CCCN(C2CCC2)C2CCC2)N1)c1ccc2ccccc2c1.O=C(NC[C@@H]1CCN(CC(c2ccccc2)c2ccccc2)C(=O)[C@H](CCCNC2CCC2)N1)c1ccc2ccccc2c1. The highest BCUT2D eigenvalue weighted by Crippen LogP contribution is 2.36. The Balaban J connectivity index is 0.000000149. The monoisotopic (exact) mass is 1720 g/mol. The molecule has 3 aliphatic heterocycles. The number of amides is 6. The van der Waals surface area contributed by atoms with Crippen molar-refractivity contribution in [3.63, 3.8) is 0 Å². The topological polar surface area (TPSA) is 264 Å². The van der Waals surface area contributed by atoms with Crippen LogP contribution in [0.2, 0.25) is 0 Å². The molecule has 0 spiro atoms. The molecule has 6 amide bonds. The Morgan fingerprint density at radius 2 is 0.719 bits per heavy atom. The molecule has 3 aliphatic carbocycles. The van der Waals surface area contributed by atoms with Gasteiger partial charge >= 0.3 is 0 Å². The minimum atomic E-state index is -0.368. The molecule has 17 rings (SSSR count). The molecule has 0 radical (unpaired) electrons. The van der Waals surface area contributed by atoms with Crippen molar-refractivity contribution < 1.29 is 28.8 Å². The van der Waals surface area contributed by atoms with Crippen molar-refractivity contribution in [3.05, 3.63) is 324 Å². The third-order valence-corrected chi connectivity index (χ3v) is 26.9. The number of fused-ring (bicyclic) bond motifs is 3. The van der Waals surface area contributed by atoms with Crippen LogP contribution < -0.4 is 48.7 Å². The Labute approximate surface area is 755 Å². The summed E-state index contributed by atoms with van der Waals surface area (Å²) in [5, 5.41) is 30.4. The fourth-order valence-electron chi connectivity index (χ4n) is 18.9. The fourth-order valence-corrected chi connectivity index (χ4v) is 18.9. The Hall–Kier alpha value is -11.9. The van der Waals surface area contributed by atoms with Crippen LogP contribution in [-0.4, -0.2) is 187 Å². The zero-order chi connectivity index (χ0) is 88.2. The van der Waals surface area contributed by atoms with Crippen LogP contribution in [0, 0.1) is 0 Å². The van der Waals surface area contributed by atoms with Crippen LogP contribution in [0.4, 0.5) is 0 Å². The highest BCUT2D eigenvalue weighted by molar-refractivity contribution is 6.00. The largest absolute Gasteiger partial charge is 0.370 e. The molecule has 20 heteroatoms. The molecular weight excluding hydrogens is 1590 g/mol. The molecule has 128 heavy (non-hydrogen) atoms. The summed E-state index contributed by atoms with van der Waals surface area (Å²) in [5.41, 5.74) is 18.8. The highest BCUT2D eigenvalue weighted by atomic mass is 16.2. The van der Waals surface area contributed by atoms with E-state index in [0.29, 0.717) is 101 Å². The number of hydrogen-bond donors (Lipinski definition) is 9. The first-order valence-corrected chi connectivity index (χ1v) is 47.0. The predicted octanol–water partition coefficient (Wildman–Crippen LogP) is 15.4. The van der Waals surface area contributed by atoms with Gasteiger partial charge in [-0.15, -0.1) is 0 Å². The molecule has 6 atom stereocenters. The lowest BCUT2D eigenvalue weighted by molar-refractivity contribution is -0.134. The summed E-state index contributed by atoms with van der Waals surface area (Å²) < 4.78 is 0. The molecule has 0 bridgehead atoms. The first-order chi connectivity index (χ1) is 62.7. The molecule has 3 saturated heterocycles. The van der Waals surface area contributed by atoms with E-state index in [1.807, 2.05) is 163 Å². The number of carbonyl (C=O) groups excluding carboxylic acids is 6. The van der Waals surface area contributed by atoms with Gasteiger partial charge in [-0.2, -0.15) is 0 Å². The van der Waals surface area contributed by atoms with Crippen molar-refractivity contribution in [1.82, 2.24) is 56.8 Å². The Morgan fingerprint density at radius 3 is 1.08 bits per heavy atom. The second-order valence-electron chi connectivity index (χ2n) is 35.7. The maximum atomic E-state index is 14.4. The number of hydrogen-bond acceptors (Lipinski definition) is 12. The van der Waals surface area contributed by atoms with Gasteiger partial charge in [-0.1, -0.05) is 262 Å². The maximum absolute atomic E-state index is 14.4. The first-order valence-electron chi connectivity index (χ1n) is 47.0. The van der Waals surface area contributed by atoms with Gasteiger partial charge in [0.1, 0.15) is 0 Å². The van der Waals surface area contributed by atoms with E-state index in [4.69, 9.17) is 11.5 Å². The molecule has 11 aromatic rings. The average molecular weight is 1720 g/mol. The van der Waals surface area contributed by atoms with Crippen LogP contribution in [0.5, 0.6) is 0 Å². The molecular formula is C108H128N14O6. The number of nitrogens with two attached hydrogens (primary N) is 2. The van der Waals surface area contributed by atoms with Crippen LogP contribution in [0.15, 0.2) is 284 Å². The van der Waals surface area contributed by atoms with Gasteiger partial charge in [-0.05, 0) is 206 Å². The van der Waals surface area contributed by atoms with Gasteiger partial charge in [0.15, 0.2) is 5.96 Å². The van der Waals surface area contributed by atoms with E-state index in [1.54, 1.807) is 0 Å². The summed E-state index contributed by atoms with van der Waals surface area (Å²) >= 11 is 0. The van der Waals surface area contributed by atoms with Crippen molar-refractivity contribution in [1.29, 1.82) is 0 Å². The number of nitrogens with zero attached hydrogens (tertiary/aromatic N) is 5. The summed E-state index contributed by atoms with van der Waals surface area (Å²) in [6.07, 6.45) is 18.9. The van der Waals surface area contributed by atoms with Crippen molar-refractivity contribution in [2.75, 3.05) is 72.0 Å². The van der Waals surface area contributed by atoms with Crippen molar-refractivity contribution >= 4 is 73.7 Å². The molecule has 11 N–H and O–H groups in total. The quantitative estimate of drug-likeness (QED) is 0.0103. The average Bonchev–Trinajstić information content (AvgIpc) is 1.68. The number of rotatable bonds is 34. The van der Waals surface area contributed by atoms with E-state index in [1.165, 1.54) is 80.0 Å². The minimum Gasteiger partial charge on any atom is -0.370 e. The van der Waals surface area contributed by atoms with Crippen LogP contribution >= 0.6 is 0 Å². The smallest absolute Gasteiger partial charge is 0.251 e. The Morgan fingerprint density at radius 1 is 0.383 bits per heavy atom. The van der Waals surface area contributed by atoms with E-state index >= 15 is 0 Å². The second kappa shape index (κ2) is 46.2. The molecule has 0 aromatic heterocycles.